The van der Waals surface area contributed by atoms with Gasteiger partial charge in [-0.15, -0.1) is 0 Å². The lowest BCUT2D eigenvalue weighted by molar-refractivity contribution is -0.145. The van der Waals surface area contributed by atoms with Gasteiger partial charge in [-0.05, 0) is 100 Å². The van der Waals surface area contributed by atoms with Crippen molar-refractivity contribution in [2.24, 2.45) is 22.7 Å². The Labute approximate surface area is 290 Å². The third-order valence-corrected chi connectivity index (χ3v) is 8.83. The summed E-state index contributed by atoms with van der Waals surface area (Å²) in [5.41, 5.74) is 0.649. The normalized spacial score (nSPS) is 13.6. The first-order valence-electron chi connectivity index (χ1n) is 19.2. The monoisotopic (exact) mass is 662 g/mol. The molecule has 0 saturated carbocycles. The quantitative estimate of drug-likeness (QED) is 0.0657. The van der Waals surface area contributed by atoms with Gasteiger partial charge >= 0.3 is 11.9 Å². The Bertz CT molecular complexity index is 904. The Balaban J connectivity index is 2.16. The smallest absolute Gasteiger partial charge is 0.305 e. The van der Waals surface area contributed by atoms with Gasteiger partial charge in [0.05, 0.1) is 19.5 Å². The molecule has 1 aromatic heterocycles. The van der Waals surface area contributed by atoms with Crippen molar-refractivity contribution in [3.63, 3.8) is 0 Å². The number of hydrogen-bond donors (Lipinski definition) is 0. The number of carbonyl (C=O) groups is 2. The SMILES string of the molecule is CC(CCOC(=O)CCCCCCCCN(CCCCCCC(=O)OCCC(C)CC(C)(C)C)CCCn1ccnc1)CC(C)(C)C. The third kappa shape index (κ3) is 27.7. The largest absolute Gasteiger partial charge is 0.466 e. The number of hydrogen-bond acceptors (Lipinski definition) is 6. The molecule has 0 amide bonds. The maximum atomic E-state index is 12.2. The zero-order chi connectivity index (χ0) is 35.0. The molecule has 0 aromatic carbocycles. The van der Waals surface area contributed by atoms with E-state index >= 15 is 0 Å². The van der Waals surface area contributed by atoms with Gasteiger partial charge < -0.3 is 18.9 Å². The van der Waals surface area contributed by atoms with Gasteiger partial charge in [0, 0.05) is 31.8 Å². The summed E-state index contributed by atoms with van der Waals surface area (Å²) < 4.78 is 13.1. The Morgan fingerprint density at radius 3 is 1.51 bits per heavy atom. The summed E-state index contributed by atoms with van der Waals surface area (Å²) in [5.74, 6) is 1.09. The maximum Gasteiger partial charge on any atom is 0.305 e. The molecule has 2 unspecified atom stereocenters. The van der Waals surface area contributed by atoms with E-state index in [4.69, 9.17) is 9.47 Å². The van der Waals surface area contributed by atoms with Crippen molar-refractivity contribution in [2.75, 3.05) is 32.8 Å². The summed E-state index contributed by atoms with van der Waals surface area (Å²) in [4.78, 5) is 31.1. The highest BCUT2D eigenvalue weighted by molar-refractivity contribution is 5.69. The molecule has 1 heterocycles. The predicted molar refractivity (Wildman–Crippen MR) is 196 cm³/mol. The van der Waals surface area contributed by atoms with E-state index < -0.39 is 0 Å². The molecule has 0 bridgehead atoms. The standard InChI is InChI=1S/C40H75N3O4/c1-35(32-39(3,4)5)22-30-46-37(44)20-15-11-9-10-13-17-25-42(27-19-28-43-29-24-41-34-43)26-18-14-12-16-21-38(45)47-31-23-36(2)33-40(6,7)8/h24,29,34-36H,9-23,25-28,30-33H2,1-8H3. The number of imidazole rings is 1. The number of unbranched alkanes of at least 4 members (excludes halogenated alkanes) is 8. The highest BCUT2D eigenvalue weighted by atomic mass is 16.5. The van der Waals surface area contributed by atoms with Gasteiger partial charge in [0.2, 0.25) is 0 Å². The highest BCUT2D eigenvalue weighted by Crippen LogP contribution is 2.26. The van der Waals surface area contributed by atoms with Crippen LogP contribution in [0.1, 0.15) is 165 Å². The molecule has 1 aromatic rings. The van der Waals surface area contributed by atoms with Crippen LogP contribution in [0.4, 0.5) is 0 Å². The number of ether oxygens (including phenoxy) is 2. The van der Waals surface area contributed by atoms with Crippen LogP contribution in [-0.4, -0.2) is 59.2 Å². The van der Waals surface area contributed by atoms with Crippen LogP contribution in [0.3, 0.4) is 0 Å². The summed E-state index contributed by atoms with van der Waals surface area (Å²) >= 11 is 0. The molecular formula is C40H75N3O4. The molecule has 1 rings (SSSR count). The fourth-order valence-electron chi connectivity index (χ4n) is 6.69. The van der Waals surface area contributed by atoms with Crippen LogP contribution < -0.4 is 0 Å². The molecule has 0 spiro atoms. The number of rotatable bonds is 28. The lowest BCUT2D eigenvalue weighted by atomic mass is 9.84. The summed E-state index contributed by atoms with van der Waals surface area (Å²) in [6, 6.07) is 0. The van der Waals surface area contributed by atoms with Crippen molar-refractivity contribution in [3.05, 3.63) is 18.7 Å². The van der Waals surface area contributed by atoms with E-state index in [1.165, 1.54) is 32.1 Å². The second-order valence-corrected chi connectivity index (χ2v) is 16.8. The van der Waals surface area contributed by atoms with Gasteiger partial charge in [-0.2, -0.15) is 0 Å². The average molecular weight is 662 g/mol. The van der Waals surface area contributed by atoms with Crippen molar-refractivity contribution >= 4 is 11.9 Å². The fourth-order valence-corrected chi connectivity index (χ4v) is 6.69. The minimum Gasteiger partial charge on any atom is -0.466 e. The molecule has 2 atom stereocenters. The van der Waals surface area contributed by atoms with E-state index in [-0.39, 0.29) is 11.9 Å². The number of aromatic nitrogens is 2. The second kappa shape index (κ2) is 25.1. The number of aryl methyl sites for hydroxylation is 1. The minimum atomic E-state index is -0.0363. The van der Waals surface area contributed by atoms with Crippen LogP contribution in [0.2, 0.25) is 0 Å². The van der Waals surface area contributed by atoms with Gasteiger partial charge in [0.25, 0.3) is 0 Å². The summed E-state index contributed by atoms with van der Waals surface area (Å²) in [6.45, 7) is 23.6. The first-order valence-corrected chi connectivity index (χ1v) is 19.2. The summed E-state index contributed by atoms with van der Waals surface area (Å²) in [7, 11) is 0. The molecule has 7 heteroatoms. The Morgan fingerprint density at radius 1 is 0.660 bits per heavy atom. The number of nitrogens with zero attached hydrogens (tertiary/aromatic N) is 3. The molecule has 0 radical (unpaired) electrons. The number of esters is 2. The molecule has 0 saturated heterocycles. The molecule has 47 heavy (non-hydrogen) atoms. The predicted octanol–water partition coefficient (Wildman–Crippen LogP) is 10.3. The third-order valence-electron chi connectivity index (χ3n) is 8.83. The van der Waals surface area contributed by atoms with E-state index in [0.29, 0.717) is 48.7 Å². The van der Waals surface area contributed by atoms with Crippen LogP contribution in [0, 0.1) is 22.7 Å². The lowest BCUT2D eigenvalue weighted by Crippen LogP contribution is -2.28. The van der Waals surface area contributed by atoms with Gasteiger partial charge in [0.1, 0.15) is 0 Å². The van der Waals surface area contributed by atoms with Crippen molar-refractivity contribution in [2.45, 2.75) is 171 Å². The zero-order valence-corrected chi connectivity index (χ0v) is 32.1. The molecule has 0 aliphatic rings. The molecule has 7 nitrogen and oxygen atoms in total. The second-order valence-electron chi connectivity index (χ2n) is 16.8. The van der Waals surface area contributed by atoms with Crippen molar-refractivity contribution < 1.29 is 19.1 Å². The van der Waals surface area contributed by atoms with Gasteiger partial charge in [0.15, 0.2) is 0 Å². The summed E-state index contributed by atoms with van der Waals surface area (Å²) in [5, 5.41) is 0. The topological polar surface area (TPSA) is 73.7 Å². The van der Waals surface area contributed by atoms with Crippen LogP contribution in [0.15, 0.2) is 18.7 Å². The van der Waals surface area contributed by atoms with Gasteiger partial charge in [-0.1, -0.05) is 93.9 Å². The van der Waals surface area contributed by atoms with Crippen molar-refractivity contribution in [1.82, 2.24) is 14.5 Å². The molecule has 274 valence electrons. The molecular weight excluding hydrogens is 586 g/mol. The minimum absolute atomic E-state index is 0.0315. The van der Waals surface area contributed by atoms with E-state index in [9.17, 15) is 9.59 Å². The van der Waals surface area contributed by atoms with E-state index in [0.717, 1.165) is 90.4 Å². The Morgan fingerprint density at radius 2 is 1.09 bits per heavy atom. The first kappa shape index (κ1) is 43.1. The Hall–Kier alpha value is -1.89. The lowest BCUT2D eigenvalue weighted by Gasteiger charge is -2.23. The van der Waals surface area contributed by atoms with Gasteiger partial charge in [-0.3, -0.25) is 9.59 Å². The Kier molecular flexibility index (Phi) is 23.1. The zero-order valence-electron chi connectivity index (χ0n) is 32.1. The molecule has 0 N–H and O–H groups in total. The van der Waals surface area contributed by atoms with Crippen molar-refractivity contribution in [1.29, 1.82) is 0 Å². The van der Waals surface area contributed by atoms with Crippen LogP contribution >= 0.6 is 0 Å². The number of carbonyl (C=O) groups excluding carboxylic acids is 2. The van der Waals surface area contributed by atoms with Crippen LogP contribution in [0.25, 0.3) is 0 Å². The van der Waals surface area contributed by atoms with E-state index in [1.807, 2.05) is 18.7 Å². The van der Waals surface area contributed by atoms with E-state index in [1.54, 1.807) is 0 Å². The molecule has 0 aliphatic carbocycles. The first-order chi connectivity index (χ1) is 22.2. The highest BCUT2D eigenvalue weighted by Gasteiger charge is 2.17. The van der Waals surface area contributed by atoms with Crippen LogP contribution in [-0.2, 0) is 25.6 Å². The molecule has 0 aliphatic heterocycles. The summed E-state index contributed by atoms with van der Waals surface area (Å²) in [6.07, 6.45) is 23.5. The fraction of sp³-hybridized carbons (Fsp3) is 0.875. The van der Waals surface area contributed by atoms with Gasteiger partial charge in [-0.25, -0.2) is 4.98 Å². The van der Waals surface area contributed by atoms with E-state index in [2.05, 4.69) is 69.8 Å². The average Bonchev–Trinajstić information content (AvgIpc) is 3.47. The molecule has 0 fully saturated rings. The van der Waals surface area contributed by atoms with Crippen molar-refractivity contribution in [3.8, 4) is 0 Å². The maximum absolute atomic E-state index is 12.2. The van der Waals surface area contributed by atoms with Crippen LogP contribution in [0.5, 0.6) is 0 Å².